The lowest BCUT2D eigenvalue weighted by atomic mass is 10.9. The standard InChI is InChI=1S/C5H6N3O/c1-2-9-5-7-3-6-4-8-5/h3H,2H2,1H3. The second-order valence-electron chi connectivity index (χ2n) is 1.30. The van der Waals surface area contributed by atoms with Crippen molar-refractivity contribution in [3.8, 4) is 6.01 Å². The second kappa shape index (κ2) is 2.96. The topological polar surface area (TPSA) is 47.9 Å². The number of nitrogens with zero attached hydrogens (tertiary/aromatic N) is 3. The summed E-state index contributed by atoms with van der Waals surface area (Å²) in [7, 11) is 0. The summed E-state index contributed by atoms with van der Waals surface area (Å²) in [5, 5.41) is 0. The second-order valence-corrected chi connectivity index (χ2v) is 1.30. The minimum atomic E-state index is 0.326. The van der Waals surface area contributed by atoms with Crippen LogP contribution in [0.25, 0.3) is 0 Å². The van der Waals surface area contributed by atoms with Gasteiger partial charge in [-0.05, 0) is 6.92 Å². The van der Waals surface area contributed by atoms with Gasteiger partial charge in [-0.2, -0.15) is 9.97 Å². The van der Waals surface area contributed by atoms with Gasteiger partial charge in [0.1, 0.15) is 6.33 Å². The fourth-order valence-corrected chi connectivity index (χ4v) is 0.403. The van der Waals surface area contributed by atoms with Crippen LogP contribution >= 0.6 is 0 Å². The van der Waals surface area contributed by atoms with Crippen molar-refractivity contribution in [2.24, 2.45) is 0 Å². The van der Waals surface area contributed by atoms with Gasteiger partial charge in [0.25, 0.3) is 0 Å². The molecule has 0 fully saturated rings. The molecule has 0 saturated heterocycles. The number of hydrogen-bond acceptors (Lipinski definition) is 4. The van der Waals surface area contributed by atoms with E-state index in [2.05, 4.69) is 21.3 Å². The van der Waals surface area contributed by atoms with Crippen molar-refractivity contribution in [1.82, 2.24) is 15.0 Å². The Bertz CT molecular complexity index is 165. The Hall–Kier alpha value is -1.19. The number of ether oxygens (including phenoxy) is 1. The SMILES string of the molecule is CCOc1n[c]ncn1. The van der Waals surface area contributed by atoms with Gasteiger partial charge in [0.05, 0.1) is 6.61 Å². The Balaban J connectivity index is 2.61. The predicted molar refractivity (Wildman–Crippen MR) is 29.8 cm³/mol. The van der Waals surface area contributed by atoms with Crippen LogP contribution in [0.5, 0.6) is 6.01 Å². The first-order chi connectivity index (χ1) is 4.43. The van der Waals surface area contributed by atoms with Crippen molar-refractivity contribution in [3.05, 3.63) is 12.7 Å². The smallest absolute Gasteiger partial charge is 0.320 e. The normalized spacial score (nSPS) is 9.00. The Morgan fingerprint density at radius 2 is 2.67 bits per heavy atom. The molecule has 4 heteroatoms. The molecule has 0 atom stereocenters. The lowest BCUT2D eigenvalue weighted by Crippen LogP contribution is -1.96. The Labute approximate surface area is 52.9 Å². The lowest BCUT2D eigenvalue weighted by molar-refractivity contribution is 0.311. The van der Waals surface area contributed by atoms with Gasteiger partial charge in [-0.1, -0.05) is 0 Å². The molecular formula is C5H6N3O. The van der Waals surface area contributed by atoms with E-state index >= 15 is 0 Å². The third kappa shape index (κ3) is 1.64. The van der Waals surface area contributed by atoms with Gasteiger partial charge in [0, 0.05) is 0 Å². The summed E-state index contributed by atoms with van der Waals surface area (Å²) in [5.74, 6) is 0. The van der Waals surface area contributed by atoms with Crippen molar-refractivity contribution in [2.75, 3.05) is 6.61 Å². The van der Waals surface area contributed by atoms with Gasteiger partial charge in [-0.3, -0.25) is 0 Å². The maximum atomic E-state index is 4.91. The van der Waals surface area contributed by atoms with E-state index in [1.165, 1.54) is 6.33 Å². The molecular weight excluding hydrogens is 118 g/mol. The number of hydrogen-bond donors (Lipinski definition) is 0. The van der Waals surface area contributed by atoms with Crippen LogP contribution in [-0.2, 0) is 0 Å². The lowest BCUT2D eigenvalue weighted by Gasteiger charge is -1.95. The molecule has 0 aliphatic carbocycles. The molecule has 0 aliphatic heterocycles. The molecule has 0 amide bonds. The van der Waals surface area contributed by atoms with Gasteiger partial charge in [0.2, 0.25) is 6.33 Å². The number of rotatable bonds is 2. The Morgan fingerprint density at radius 3 is 3.22 bits per heavy atom. The van der Waals surface area contributed by atoms with Crippen molar-refractivity contribution in [1.29, 1.82) is 0 Å². The molecule has 1 heterocycles. The summed E-state index contributed by atoms with van der Waals surface area (Å²) in [4.78, 5) is 10.8. The van der Waals surface area contributed by atoms with E-state index in [0.29, 0.717) is 12.6 Å². The quantitative estimate of drug-likeness (QED) is 0.559. The molecule has 1 aromatic rings. The Morgan fingerprint density at radius 1 is 1.78 bits per heavy atom. The van der Waals surface area contributed by atoms with E-state index in [1.807, 2.05) is 6.92 Å². The highest BCUT2D eigenvalue weighted by molar-refractivity contribution is 4.85. The van der Waals surface area contributed by atoms with E-state index < -0.39 is 0 Å². The largest absolute Gasteiger partial charge is 0.464 e. The van der Waals surface area contributed by atoms with Crippen LogP contribution < -0.4 is 4.74 Å². The summed E-state index contributed by atoms with van der Waals surface area (Å²) in [6, 6.07) is 0.326. The minimum Gasteiger partial charge on any atom is -0.464 e. The molecule has 9 heavy (non-hydrogen) atoms. The maximum Gasteiger partial charge on any atom is 0.320 e. The molecule has 0 aromatic carbocycles. The van der Waals surface area contributed by atoms with Gasteiger partial charge in [-0.25, -0.2) is 4.98 Å². The third-order valence-electron chi connectivity index (χ3n) is 0.703. The van der Waals surface area contributed by atoms with Crippen molar-refractivity contribution in [3.63, 3.8) is 0 Å². The number of aromatic nitrogens is 3. The summed E-state index contributed by atoms with van der Waals surface area (Å²) in [6.07, 6.45) is 3.70. The molecule has 1 aromatic heterocycles. The molecule has 1 radical (unpaired) electrons. The van der Waals surface area contributed by atoms with E-state index in [0.717, 1.165) is 0 Å². The first-order valence-electron chi connectivity index (χ1n) is 2.61. The fourth-order valence-electron chi connectivity index (χ4n) is 0.403. The van der Waals surface area contributed by atoms with E-state index in [4.69, 9.17) is 4.74 Å². The van der Waals surface area contributed by atoms with Crippen LogP contribution in [0, 0.1) is 6.33 Å². The molecule has 4 nitrogen and oxygen atoms in total. The highest BCUT2D eigenvalue weighted by Gasteiger charge is 1.89. The minimum absolute atomic E-state index is 0.326. The van der Waals surface area contributed by atoms with Crippen LogP contribution in [0.1, 0.15) is 6.92 Å². The average Bonchev–Trinajstić information content (AvgIpc) is 1.91. The molecule has 0 spiro atoms. The predicted octanol–water partition coefficient (Wildman–Crippen LogP) is 0.0705. The van der Waals surface area contributed by atoms with Crippen LogP contribution in [0.3, 0.4) is 0 Å². The van der Waals surface area contributed by atoms with Gasteiger partial charge >= 0.3 is 6.01 Å². The first kappa shape index (κ1) is 5.94. The average molecular weight is 124 g/mol. The van der Waals surface area contributed by atoms with Gasteiger partial charge in [-0.15, -0.1) is 0 Å². The van der Waals surface area contributed by atoms with Crippen molar-refractivity contribution < 1.29 is 4.74 Å². The van der Waals surface area contributed by atoms with Gasteiger partial charge < -0.3 is 4.74 Å². The van der Waals surface area contributed by atoms with Crippen LogP contribution in [0.4, 0.5) is 0 Å². The zero-order valence-corrected chi connectivity index (χ0v) is 5.03. The highest BCUT2D eigenvalue weighted by atomic mass is 16.5. The monoisotopic (exact) mass is 124 g/mol. The van der Waals surface area contributed by atoms with Gasteiger partial charge in [0.15, 0.2) is 0 Å². The molecule has 1 rings (SSSR count). The maximum absolute atomic E-state index is 4.91. The van der Waals surface area contributed by atoms with Crippen molar-refractivity contribution >= 4 is 0 Å². The first-order valence-corrected chi connectivity index (χ1v) is 2.61. The molecule has 0 saturated carbocycles. The zero-order valence-electron chi connectivity index (χ0n) is 5.03. The summed E-state index contributed by atoms with van der Waals surface area (Å²) < 4.78 is 4.91. The molecule has 0 unspecified atom stereocenters. The van der Waals surface area contributed by atoms with E-state index in [9.17, 15) is 0 Å². The van der Waals surface area contributed by atoms with Crippen LogP contribution in [-0.4, -0.2) is 21.6 Å². The summed E-state index contributed by atoms with van der Waals surface area (Å²) in [5.41, 5.74) is 0. The molecule has 0 aliphatic rings. The van der Waals surface area contributed by atoms with Crippen LogP contribution in [0.15, 0.2) is 6.33 Å². The van der Waals surface area contributed by atoms with E-state index in [-0.39, 0.29) is 0 Å². The molecule has 0 bridgehead atoms. The van der Waals surface area contributed by atoms with Crippen LogP contribution in [0.2, 0.25) is 0 Å². The third-order valence-corrected chi connectivity index (χ3v) is 0.703. The zero-order chi connectivity index (χ0) is 6.53. The highest BCUT2D eigenvalue weighted by Crippen LogP contribution is 1.92. The summed E-state index contributed by atoms with van der Waals surface area (Å²) in [6.45, 7) is 2.43. The summed E-state index contributed by atoms with van der Waals surface area (Å²) >= 11 is 0. The molecule has 0 N–H and O–H groups in total. The van der Waals surface area contributed by atoms with Crippen molar-refractivity contribution in [2.45, 2.75) is 6.92 Å². The Kier molecular flexibility index (Phi) is 1.95. The molecule has 47 valence electrons. The van der Waals surface area contributed by atoms with E-state index in [1.54, 1.807) is 0 Å². The fraction of sp³-hybridized carbons (Fsp3) is 0.400.